The third-order valence-electron chi connectivity index (χ3n) is 5.31. The number of aromatic nitrogens is 2. The lowest BCUT2D eigenvalue weighted by Gasteiger charge is -2.31. The Morgan fingerprint density at radius 2 is 2.03 bits per heavy atom. The molecule has 1 fully saturated rings. The molecule has 164 valence electrons. The number of ether oxygens (including phenoxy) is 1. The number of nitrogens with zero attached hydrogens (tertiary/aromatic N) is 3. The predicted octanol–water partition coefficient (Wildman–Crippen LogP) is 3.77. The molecular formula is C23H35N5O2. The molecule has 0 aliphatic carbocycles. The van der Waals surface area contributed by atoms with Gasteiger partial charge in [-0.2, -0.15) is 4.98 Å². The maximum atomic E-state index is 6.13. The quantitative estimate of drug-likeness (QED) is 0.506. The largest absolute Gasteiger partial charge is 0.373 e. The minimum Gasteiger partial charge on any atom is -0.373 e. The Morgan fingerprint density at radius 3 is 2.73 bits per heavy atom. The van der Waals surface area contributed by atoms with Crippen molar-refractivity contribution in [3.63, 3.8) is 0 Å². The van der Waals surface area contributed by atoms with Crippen LogP contribution < -0.4 is 10.6 Å². The minimum absolute atomic E-state index is 0.110. The predicted molar refractivity (Wildman–Crippen MR) is 119 cm³/mol. The maximum Gasteiger partial charge on any atom is 0.228 e. The van der Waals surface area contributed by atoms with E-state index in [2.05, 4.69) is 72.7 Å². The molecule has 1 aromatic heterocycles. The highest BCUT2D eigenvalue weighted by molar-refractivity contribution is 5.79. The van der Waals surface area contributed by atoms with Crippen molar-refractivity contribution in [1.29, 1.82) is 0 Å². The summed E-state index contributed by atoms with van der Waals surface area (Å²) < 4.78 is 11.4. The van der Waals surface area contributed by atoms with Crippen molar-refractivity contribution >= 4 is 5.96 Å². The molecule has 2 aromatic rings. The first-order valence-corrected chi connectivity index (χ1v) is 11.1. The van der Waals surface area contributed by atoms with Crippen LogP contribution in [0.3, 0.4) is 0 Å². The average Bonchev–Trinajstić information content (AvgIpc) is 3.22. The van der Waals surface area contributed by atoms with Gasteiger partial charge in [0.15, 0.2) is 11.8 Å². The van der Waals surface area contributed by atoms with E-state index in [4.69, 9.17) is 14.3 Å². The zero-order chi connectivity index (χ0) is 21.3. The number of nitrogens with one attached hydrogen (secondary N) is 2. The summed E-state index contributed by atoms with van der Waals surface area (Å²) in [6.45, 7) is 11.3. The summed E-state index contributed by atoms with van der Waals surface area (Å²) in [5.41, 5.74) is 2.51. The van der Waals surface area contributed by atoms with E-state index in [1.807, 2.05) is 0 Å². The van der Waals surface area contributed by atoms with Crippen molar-refractivity contribution in [2.75, 3.05) is 26.2 Å². The lowest BCUT2D eigenvalue weighted by molar-refractivity contribution is -0.0250. The van der Waals surface area contributed by atoms with Crippen LogP contribution in [0, 0.1) is 12.8 Å². The third kappa shape index (κ3) is 6.29. The van der Waals surface area contributed by atoms with Gasteiger partial charge in [-0.15, -0.1) is 0 Å². The fourth-order valence-corrected chi connectivity index (χ4v) is 3.60. The molecule has 3 rings (SSSR count). The van der Waals surface area contributed by atoms with E-state index in [9.17, 15) is 0 Å². The van der Waals surface area contributed by atoms with Crippen LogP contribution in [0.2, 0.25) is 0 Å². The molecule has 1 aromatic carbocycles. The number of aryl methyl sites for hydroxylation is 1. The summed E-state index contributed by atoms with van der Waals surface area (Å²) in [6, 6.07) is 8.67. The molecule has 0 radical (unpaired) electrons. The Morgan fingerprint density at radius 1 is 1.23 bits per heavy atom. The van der Waals surface area contributed by atoms with Crippen LogP contribution >= 0.6 is 0 Å². The van der Waals surface area contributed by atoms with E-state index in [1.54, 1.807) is 0 Å². The summed E-state index contributed by atoms with van der Waals surface area (Å²) in [5.74, 6) is 2.87. The number of hydrogen-bond acceptors (Lipinski definition) is 5. The summed E-state index contributed by atoms with van der Waals surface area (Å²) in [4.78, 5) is 9.27. The summed E-state index contributed by atoms with van der Waals surface area (Å²) >= 11 is 0. The second kappa shape index (κ2) is 11.1. The van der Waals surface area contributed by atoms with E-state index in [0.717, 1.165) is 44.3 Å². The number of aliphatic imine (C=N–C) groups is 1. The molecular weight excluding hydrogens is 378 g/mol. The normalized spacial score (nSPS) is 19.8. The molecule has 1 aliphatic heterocycles. The Hall–Kier alpha value is -2.41. The van der Waals surface area contributed by atoms with Gasteiger partial charge in [0.05, 0.1) is 6.10 Å². The minimum atomic E-state index is 0.110. The summed E-state index contributed by atoms with van der Waals surface area (Å²) in [5, 5.41) is 10.7. The Bertz CT molecular complexity index is 800. The van der Waals surface area contributed by atoms with Gasteiger partial charge in [-0.3, -0.25) is 4.99 Å². The first kappa shape index (κ1) is 22.3. The fourth-order valence-electron chi connectivity index (χ4n) is 3.60. The number of hydrogen-bond donors (Lipinski definition) is 2. The highest BCUT2D eigenvalue weighted by Gasteiger charge is 2.27. The van der Waals surface area contributed by atoms with Gasteiger partial charge in [0.1, 0.15) is 0 Å². The van der Waals surface area contributed by atoms with Gasteiger partial charge >= 0.3 is 0 Å². The van der Waals surface area contributed by atoms with E-state index in [-0.39, 0.29) is 12.0 Å². The van der Waals surface area contributed by atoms with E-state index in [0.29, 0.717) is 24.8 Å². The molecule has 0 spiro atoms. The second-order valence-electron chi connectivity index (χ2n) is 8.20. The van der Waals surface area contributed by atoms with Crippen LogP contribution in [0.4, 0.5) is 0 Å². The lowest BCUT2D eigenvalue weighted by atomic mass is 9.89. The molecule has 2 N–H and O–H groups in total. The van der Waals surface area contributed by atoms with Crippen molar-refractivity contribution < 1.29 is 9.26 Å². The molecule has 1 aliphatic rings. The molecule has 0 saturated carbocycles. The highest BCUT2D eigenvalue weighted by Crippen LogP contribution is 2.33. The first-order chi connectivity index (χ1) is 14.6. The van der Waals surface area contributed by atoms with Crippen molar-refractivity contribution in [1.82, 2.24) is 20.8 Å². The van der Waals surface area contributed by atoms with Crippen molar-refractivity contribution in [3.8, 4) is 0 Å². The fraction of sp³-hybridized carbons (Fsp3) is 0.609. The molecule has 2 heterocycles. The average molecular weight is 414 g/mol. The zero-order valence-corrected chi connectivity index (χ0v) is 18.6. The number of guanidine groups is 1. The molecule has 2 unspecified atom stereocenters. The van der Waals surface area contributed by atoms with Crippen molar-refractivity contribution in [2.45, 2.75) is 59.0 Å². The molecule has 30 heavy (non-hydrogen) atoms. The molecule has 2 atom stereocenters. The van der Waals surface area contributed by atoms with Gasteiger partial charge in [0, 0.05) is 44.5 Å². The van der Waals surface area contributed by atoms with E-state index in [1.165, 1.54) is 11.1 Å². The van der Waals surface area contributed by atoms with Crippen LogP contribution in [0.5, 0.6) is 0 Å². The van der Waals surface area contributed by atoms with Crippen molar-refractivity contribution in [3.05, 3.63) is 47.1 Å². The summed E-state index contributed by atoms with van der Waals surface area (Å²) in [7, 11) is 0. The topological polar surface area (TPSA) is 84.6 Å². The molecule has 1 saturated heterocycles. The number of rotatable bonds is 8. The molecule has 0 bridgehead atoms. The third-order valence-corrected chi connectivity index (χ3v) is 5.31. The van der Waals surface area contributed by atoms with Gasteiger partial charge < -0.3 is 19.9 Å². The maximum absolute atomic E-state index is 6.13. The van der Waals surface area contributed by atoms with Crippen LogP contribution in [0.15, 0.2) is 33.8 Å². The molecule has 7 nitrogen and oxygen atoms in total. The summed E-state index contributed by atoms with van der Waals surface area (Å²) in [6.07, 6.45) is 2.99. The second-order valence-corrected chi connectivity index (χ2v) is 8.20. The monoisotopic (exact) mass is 413 g/mol. The van der Waals surface area contributed by atoms with Gasteiger partial charge in [0.25, 0.3) is 0 Å². The number of benzene rings is 1. The Kier molecular flexibility index (Phi) is 8.25. The van der Waals surface area contributed by atoms with Gasteiger partial charge in [-0.05, 0) is 32.3 Å². The molecule has 0 amide bonds. The SMILES string of the molecule is CCNC(=NCC1CCCOC1c1ccc(C)cc1)NCCc1nc(C(C)C)no1. The highest BCUT2D eigenvalue weighted by atomic mass is 16.5. The Balaban J connectivity index is 1.57. The van der Waals surface area contributed by atoms with E-state index < -0.39 is 0 Å². The lowest BCUT2D eigenvalue weighted by Crippen LogP contribution is -2.39. The zero-order valence-electron chi connectivity index (χ0n) is 18.6. The molecule has 7 heteroatoms. The first-order valence-electron chi connectivity index (χ1n) is 11.1. The van der Waals surface area contributed by atoms with E-state index >= 15 is 0 Å². The van der Waals surface area contributed by atoms with Crippen molar-refractivity contribution in [2.24, 2.45) is 10.9 Å². The standard InChI is InChI=1S/C23H35N5O2/c1-5-24-23(25-13-12-20-27-22(16(2)3)28-30-20)26-15-19-7-6-14-29-21(19)18-10-8-17(4)9-11-18/h8-11,16,19,21H,5-7,12-15H2,1-4H3,(H2,24,25,26). The van der Waals surface area contributed by atoms with Crippen LogP contribution in [0.25, 0.3) is 0 Å². The van der Waals surface area contributed by atoms with Gasteiger partial charge in [-0.1, -0.05) is 48.8 Å². The smallest absolute Gasteiger partial charge is 0.228 e. The van der Waals surface area contributed by atoms with Crippen LogP contribution in [-0.2, 0) is 11.2 Å². The van der Waals surface area contributed by atoms with Crippen LogP contribution in [-0.4, -0.2) is 42.3 Å². The van der Waals surface area contributed by atoms with Crippen LogP contribution in [0.1, 0.15) is 68.5 Å². The Labute approximate surface area is 179 Å². The van der Waals surface area contributed by atoms with Gasteiger partial charge in [0.2, 0.25) is 5.89 Å². The van der Waals surface area contributed by atoms with Gasteiger partial charge in [-0.25, -0.2) is 0 Å².